The van der Waals surface area contributed by atoms with Crippen molar-refractivity contribution >= 4 is 22.8 Å². The quantitative estimate of drug-likeness (QED) is 0.350. The highest BCUT2D eigenvalue weighted by molar-refractivity contribution is 5.90. The number of ether oxygens (including phenoxy) is 4. The summed E-state index contributed by atoms with van der Waals surface area (Å²) in [5.41, 5.74) is 5.95. The Morgan fingerprint density at radius 1 is 0.902 bits per heavy atom. The summed E-state index contributed by atoms with van der Waals surface area (Å²) in [6.45, 7) is 10.2. The zero-order valence-corrected chi connectivity index (χ0v) is 22.1. The van der Waals surface area contributed by atoms with Crippen LogP contribution in [0.4, 0.5) is 10.5 Å². The molecule has 41 heavy (non-hydrogen) atoms. The number of aromatic nitrogens is 3. The Morgan fingerprint density at radius 2 is 1.61 bits per heavy atom. The van der Waals surface area contributed by atoms with Gasteiger partial charge in [0, 0.05) is 36.3 Å². The first-order valence-electron chi connectivity index (χ1n) is 13.6. The van der Waals surface area contributed by atoms with Crippen LogP contribution in [-0.2, 0) is 22.7 Å². The first kappa shape index (κ1) is 24.3. The molecule has 2 atom stereocenters. The summed E-state index contributed by atoms with van der Waals surface area (Å²) in [6, 6.07) is 17.7. The number of carbonyl (C=O) groups is 1. The molecule has 0 saturated carbocycles. The lowest BCUT2D eigenvalue weighted by Crippen LogP contribution is -2.51. The molecule has 0 unspecified atom stereocenters. The summed E-state index contributed by atoms with van der Waals surface area (Å²) in [6.07, 6.45) is 0.872. The third-order valence-corrected chi connectivity index (χ3v) is 8.51. The van der Waals surface area contributed by atoms with E-state index in [4.69, 9.17) is 25.5 Å². The smallest absolute Gasteiger partial charge is 0.346 e. The number of fused-ring (bicyclic) bond motifs is 5. The van der Waals surface area contributed by atoms with E-state index in [1.165, 1.54) is 4.68 Å². The molecule has 0 radical (unpaired) electrons. The van der Waals surface area contributed by atoms with Gasteiger partial charge in [-0.3, -0.25) is 4.90 Å². The number of hydrogen-bond acceptors (Lipinski definition) is 8. The molecule has 11 nitrogen and oxygen atoms in total. The highest BCUT2D eigenvalue weighted by Crippen LogP contribution is 2.43. The molecule has 4 aromatic rings. The van der Waals surface area contributed by atoms with Crippen molar-refractivity contribution in [2.45, 2.75) is 37.8 Å². The number of nitrogens with zero attached hydrogens (tertiary/aromatic N) is 6. The van der Waals surface area contributed by atoms with Gasteiger partial charge >= 0.3 is 6.03 Å². The molecule has 0 N–H and O–H groups in total. The highest BCUT2D eigenvalue weighted by atomic mass is 16.7. The minimum atomic E-state index is -0.204. The van der Waals surface area contributed by atoms with E-state index in [1.54, 1.807) is 18.2 Å². The normalized spacial score (nSPS) is 21.3. The predicted octanol–water partition coefficient (Wildman–Crippen LogP) is 4.23. The molecule has 0 spiro atoms. The van der Waals surface area contributed by atoms with Crippen molar-refractivity contribution in [1.29, 1.82) is 0 Å². The number of hydrogen-bond donors (Lipinski definition) is 0. The van der Waals surface area contributed by atoms with Gasteiger partial charge in [0.05, 0.1) is 31.3 Å². The Labute approximate surface area is 235 Å². The van der Waals surface area contributed by atoms with Gasteiger partial charge in [0.25, 0.3) is 0 Å². The van der Waals surface area contributed by atoms with Crippen LogP contribution in [0.15, 0.2) is 54.6 Å². The summed E-state index contributed by atoms with van der Waals surface area (Å²) >= 11 is 0. The molecule has 5 heterocycles. The van der Waals surface area contributed by atoms with E-state index >= 15 is 0 Å². The van der Waals surface area contributed by atoms with Crippen LogP contribution >= 0.6 is 0 Å². The number of likely N-dealkylation sites (tertiary alicyclic amines) is 2. The molecule has 206 valence electrons. The van der Waals surface area contributed by atoms with Gasteiger partial charge in [-0.2, -0.15) is 4.68 Å². The van der Waals surface area contributed by atoms with Crippen LogP contribution in [-0.4, -0.2) is 69.6 Å². The lowest BCUT2D eigenvalue weighted by Gasteiger charge is -2.39. The molecule has 3 aromatic carbocycles. The van der Waals surface area contributed by atoms with Crippen molar-refractivity contribution in [3.05, 3.63) is 88.3 Å². The molecule has 4 aliphatic rings. The Morgan fingerprint density at radius 3 is 2.24 bits per heavy atom. The van der Waals surface area contributed by atoms with Gasteiger partial charge in [-0.15, -0.1) is 5.10 Å². The molecule has 2 fully saturated rings. The van der Waals surface area contributed by atoms with Gasteiger partial charge in [0.1, 0.15) is 17.0 Å². The maximum atomic E-state index is 13.7. The third kappa shape index (κ3) is 4.02. The topological polar surface area (TPSA) is 95.5 Å². The van der Waals surface area contributed by atoms with Crippen molar-refractivity contribution in [1.82, 2.24) is 24.8 Å². The van der Waals surface area contributed by atoms with E-state index in [0.717, 1.165) is 46.7 Å². The summed E-state index contributed by atoms with van der Waals surface area (Å²) in [5.74, 6) is 1.71. The zero-order chi connectivity index (χ0) is 27.5. The van der Waals surface area contributed by atoms with Gasteiger partial charge in [0.15, 0.2) is 19.3 Å². The van der Waals surface area contributed by atoms with Crippen molar-refractivity contribution < 1.29 is 23.7 Å². The Hall–Kier alpha value is -4.50. The Balaban J connectivity index is 1.12. The Bertz CT molecular complexity index is 1670. The van der Waals surface area contributed by atoms with Crippen LogP contribution in [0.3, 0.4) is 0 Å². The first-order valence-corrected chi connectivity index (χ1v) is 13.6. The van der Waals surface area contributed by atoms with Crippen LogP contribution in [0.25, 0.3) is 15.9 Å². The van der Waals surface area contributed by atoms with E-state index in [-0.39, 0.29) is 37.7 Å². The lowest BCUT2D eigenvalue weighted by atomic mass is 9.93. The SMILES string of the molecule is [C-]#[N+]c1ccc2nnn(C(=O)N3C[C@@H]4C[C@H]3CN4C(c3ccc4c(c3)COCO4)c3ccc4c(c3)COCO4)c2c1. The van der Waals surface area contributed by atoms with Gasteiger partial charge in [0.2, 0.25) is 0 Å². The van der Waals surface area contributed by atoms with Gasteiger partial charge in [-0.1, -0.05) is 23.4 Å². The van der Waals surface area contributed by atoms with Crippen LogP contribution in [0.5, 0.6) is 11.5 Å². The minimum absolute atomic E-state index is 0.0323. The molecule has 1 amide bonds. The van der Waals surface area contributed by atoms with E-state index in [9.17, 15) is 4.79 Å². The molecule has 2 saturated heterocycles. The molecule has 2 bridgehead atoms. The monoisotopic (exact) mass is 550 g/mol. The van der Waals surface area contributed by atoms with Crippen LogP contribution in [0.1, 0.15) is 34.7 Å². The summed E-state index contributed by atoms with van der Waals surface area (Å²) in [5, 5.41) is 8.29. The van der Waals surface area contributed by atoms with Crippen molar-refractivity contribution in [3.8, 4) is 11.5 Å². The van der Waals surface area contributed by atoms with E-state index in [0.29, 0.717) is 36.5 Å². The molecular weight excluding hydrogens is 524 g/mol. The first-order chi connectivity index (χ1) is 20.2. The molecule has 0 aliphatic carbocycles. The highest BCUT2D eigenvalue weighted by Gasteiger charge is 2.48. The average Bonchev–Trinajstić information content (AvgIpc) is 3.75. The maximum Gasteiger partial charge on any atom is 0.346 e. The second-order valence-corrected chi connectivity index (χ2v) is 10.8. The second kappa shape index (κ2) is 9.55. The van der Waals surface area contributed by atoms with Gasteiger partial charge in [-0.25, -0.2) is 9.64 Å². The number of piperazine rings is 1. The fourth-order valence-corrected chi connectivity index (χ4v) is 6.62. The largest absolute Gasteiger partial charge is 0.467 e. The van der Waals surface area contributed by atoms with E-state index < -0.39 is 0 Å². The summed E-state index contributed by atoms with van der Waals surface area (Å²) < 4.78 is 23.8. The van der Waals surface area contributed by atoms with Crippen molar-refractivity contribution in [2.75, 3.05) is 26.7 Å². The summed E-state index contributed by atoms with van der Waals surface area (Å²) in [4.78, 5) is 21.6. The van der Waals surface area contributed by atoms with Crippen molar-refractivity contribution in [2.24, 2.45) is 0 Å². The molecule has 11 heteroatoms. The van der Waals surface area contributed by atoms with Gasteiger partial charge < -0.3 is 23.8 Å². The zero-order valence-electron chi connectivity index (χ0n) is 22.1. The molecule has 8 rings (SSSR count). The van der Waals surface area contributed by atoms with Crippen LogP contribution in [0.2, 0.25) is 0 Å². The number of benzene rings is 3. The molecular formula is C30H26N6O5. The number of rotatable bonds is 3. The van der Waals surface area contributed by atoms with Crippen LogP contribution < -0.4 is 9.47 Å². The maximum absolute atomic E-state index is 13.7. The van der Waals surface area contributed by atoms with Crippen molar-refractivity contribution in [3.63, 3.8) is 0 Å². The fraction of sp³-hybridized carbons (Fsp3) is 0.333. The average molecular weight is 551 g/mol. The number of amides is 1. The lowest BCUT2D eigenvalue weighted by molar-refractivity contribution is -0.0165. The van der Waals surface area contributed by atoms with E-state index in [1.807, 2.05) is 17.0 Å². The fourth-order valence-electron chi connectivity index (χ4n) is 6.62. The third-order valence-electron chi connectivity index (χ3n) is 8.51. The molecule has 4 aliphatic heterocycles. The number of carbonyl (C=O) groups excluding carboxylic acids is 1. The van der Waals surface area contributed by atoms with Crippen LogP contribution in [0, 0.1) is 6.57 Å². The van der Waals surface area contributed by atoms with E-state index in [2.05, 4.69) is 44.3 Å². The minimum Gasteiger partial charge on any atom is -0.467 e. The Kier molecular flexibility index (Phi) is 5.67. The van der Waals surface area contributed by atoms with Gasteiger partial charge in [-0.05, 0) is 53.9 Å². The molecule has 1 aromatic heterocycles. The standard InChI is InChI=1S/C30H26N6O5/c1-31-22-4-5-25-26(10-22)36(33-32-25)30(37)35-13-23-11-24(35)12-34(23)29(18-2-6-27-20(8-18)14-38-16-40-27)19-3-7-28-21(9-19)15-39-17-41-28/h2-10,23-24,29H,11-17H2/t23-,24-/m0/s1. The predicted molar refractivity (Wildman–Crippen MR) is 145 cm³/mol. The summed E-state index contributed by atoms with van der Waals surface area (Å²) in [7, 11) is 0. The second-order valence-electron chi connectivity index (χ2n) is 10.8.